The van der Waals surface area contributed by atoms with Crippen LogP contribution in [0.1, 0.15) is 42.9 Å². The number of halogens is 3. The molecule has 2 nitrogen and oxygen atoms in total. The zero-order valence-electron chi connectivity index (χ0n) is 13.5. The van der Waals surface area contributed by atoms with Gasteiger partial charge >= 0.3 is 0 Å². The Kier molecular flexibility index (Phi) is 6.73. The maximum absolute atomic E-state index is 14.0. The van der Waals surface area contributed by atoms with Crippen molar-refractivity contribution in [3.05, 3.63) is 70.5 Å². The van der Waals surface area contributed by atoms with Crippen LogP contribution < -0.4 is 0 Å². The first-order chi connectivity index (χ1) is 11.6. The van der Waals surface area contributed by atoms with Crippen LogP contribution in [0.5, 0.6) is 0 Å². The normalized spacial score (nSPS) is 11.7. The van der Waals surface area contributed by atoms with Gasteiger partial charge < -0.3 is 0 Å². The Morgan fingerprint density at radius 1 is 0.875 bits per heavy atom. The highest BCUT2D eigenvalue weighted by Crippen LogP contribution is 2.16. The summed E-state index contributed by atoms with van der Waals surface area (Å²) in [6, 6.07) is 8.32. The molecule has 2 aromatic rings. The number of aryl methyl sites for hydroxylation is 1. The van der Waals surface area contributed by atoms with Gasteiger partial charge in [-0.05, 0) is 48.2 Å². The minimum absolute atomic E-state index is 0.217. The van der Waals surface area contributed by atoms with Crippen LogP contribution in [0.4, 0.5) is 13.2 Å². The van der Waals surface area contributed by atoms with Gasteiger partial charge in [0.2, 0.25) is 0 Å². The van der Waals surface area contributed by atoms with E-state index in [1.807, 2.05) is 0 Å². The van der Waals surface area contributed by atoms with Crippen LogP contribution in [0.3, 0.4) is 0 Å². The fourth-order valence-electron chi connectivity index (χ4n) is 2.22. The van der Waals surface area contributed by atoms with E-state index < -0.39 is 11.6 Å². The Morgan fingerprint density at radius 3 is 2.12 bits per heavy atom. The van der Waals surface area contributed by atoms with E-state index in [0.29, 0.717) is 17.5 Å². The first kappa shape index (κ1) is 17.9. The third-order valence-electron chi connectivity index (χ3n) is 3.54. The van der Waals surface area contributed by atoms with Crippen molar-refractivity contribution < 1.29 is 13.2 Å². The molecule has 0 heterocycles. The molecule has 0 fully saturated rings. The molecular weight excluding hydrogens is 313 g/mol. The molecule has 0 unspecified atom stereocenters. The van der Waals surface area contributed by atoms with Crippen molar-refractivity contribution in [3.8, 4) is 0 Å². The largest absolute Gasteiger partial charge is 0.207 e. The Morgan fingerprint density at radius 2 is 1.50 bits per heavy atom. The minimum atomic E-state index is -0.651. The Balaban J connectivity index is 2.04. The predicted octanol–water partition coefficient (Wildman–Crippen LogP) is 5.29. The van der Waals surface area contributed by atoms with E-state index in [4.69, 9.17) is 0 Å². The number of nitrogens with zero attached hydrogens (tertiary/aromatic N) is 2. The molecule has 5 heteroatoms. The summed E-state index contributed by atoms with van der Waals surface area (Å²) >= 11 is 0. The van der Waals surface area contributed by atoms with Crippen LogP contribution in [0.2, 0.25) is 0 Å². The van der Waals surface area contributed by atoms with Crippen LogP contribution in [-0.4, -0.2) is 12.4 Å². The van der Waals surface area contributed by atoms with E-state index in [2.05, 4.69) is 17.1 Å². The molecule has 0 aliphatic heterocycles. The Labute approximate surface area is 139 Å². The van der Waals surface area contributed by atoms with Crippen LogP contribution in [0.15, 0.2) is 46.6 Å². The van der Waals surface area contributed by atoms with E-state index in [-0.39, 0.29) is 11.4 Å². The summed E-state index contributed by atoms with van der Waals surface area (Å²) in [6.45, 7) is 2.08. The summed E-state index contributed by atoms with van der Waals surface area (Å²) in [5, 5.41) is 7.38. The van der Waals surface area contributed by atoms with Crippen LogP contribution in [-0.2, 0) is 6.42 Å². The average Bonchev–Trinajstić information content (AvgIpc) is 2.55. The van der Waals surface area contributed by atoms with Crippen molar-refractivity contribution in [1.29, 1.82) is 0 Å². The number of unbranched alkanes of at least 4 members (excludes halogenated alkanes) is 2. The van der Waals surface area contributed by atoms with Crippen LogP contribution in [0.25, 0.3) is 0 Å². The SMILES string of the molecule is CCCCCc1cc(F)c(/C=N/N=C/c2ccc(F)cc2)c(F)c1. The predicted molar refractivity (Wildman–Crippen MR) is 91.2 cm³/mol. The number of hydrogen-bond donors (Lipinski definition) is 0. The quantitative estimate of drug-likeness (QED) is 0.374. The lowest BCUT2D eigenvalue weighted by Gasteiger charge is -2.04. The number of hydrogen-bond acceptors (Lipinski definition) is 2. The van der Waals surface area contributed by atoms with Gasteiger partial charge in [0.1, 0.15) is 17.5 Å². The molecule has 0 aromatic heterocycles. The molecule has 0 aliphatic carbocycles. The molecule has 0 amide bonds. The molecule has 126 valence electrons. The molecular formula is C19H19F3N2. The standard InChI is InChI=1S/C19H19F3N2/c1-2-3-4-5-15-10-18(21)17(19(22)11-15)13-24-23-12-14-6-8-16(20)9-7-14/h6-13H,2-5H2,1H3/b23-12+,24-13+. The lowest BCUT2D eigenvalue weighted by atomic mass is 10.0. The summed E-state index contributed by atoms with van der Waals surface area (Å²) in [6.07, 6.45) is 6.07. The highest BCUT2D eigenvalue weighted by atomic mass is 19.1. The van der Waals surface area contributed by atoms with E-state index in [1.54, 1.807) is 0 Å². The molecule has 0 bridgehead atoms. The van der Waals surface area contributed by atoms with Gasteiger partial charge in [-0.3, -0.25) is 0 Å². The third kappa shape index (κ3) is 5.33. The molecule has 0 radical (unpaired) electrons. The zero-order valence-corrected chi connectivity index (χ0v) is 13.5. The second kappa shape index (κ2) is 9.01. The van der Waals surface area contributed by atoms with Crippen molar-refractivity contribution in [2.45, 2.75) is 32.6 Å². The van der Waals surface area contributed by atoms with E-state index in [1.165, 1.54) is 42.6 Å². The monoisotopic (exact) mass is 332 g/mol. The second-order valence-electron chi connectivity index (χ2n) is 5.47. The lowest BCUT2D eigenvalue weighted by molar-refractivity contribution is 0.574. The Bertz CT molecular complexity index is 699. The summed E-state index contributed by atoms with van der Waals surface area (Å²) < 4.78 is 40.7. The van der Waals surface area contributed by atoms with Crippen molar-refractivity contribution in [2.24, 2.45) is 10.2 Å². The van der Waals surface area contributed by atoms with Gasteiger partial charge in [-0.15, -0.1) is 0 Å². The lowest BCUT2D eigenvalue weighted by Crippen LogP contribution is -1.98. The number of rotatable bonds is 7. The van der Waals surface area contributed by atoms with Crippen molar-refractivity contribution in [2.75, 3.05) is 0 Å². The van der Waals surface area contributed by atoms with Crippen molar-refractivity contribution >= 4 is 12.4 Å². The smallest absolute Gasteiger partial charge is 0.135 e. The van der Waals surface area contributed by atoms with Crippen LogP contribution in [0, 0.1) is 17.5 Å². The van der Waals surface area contributed by atoms with Gasteiger partial charge in [-0.1, -0.05) is 31.9 Å². The van der Waals surface area contributed by atoms with Gasteiger partial charge in [0.05, 0.1) is 18.0 Å². The van der Waals surface area contributed by atoms with Crippen molar-refractivity contribution in [3.63, 3.8) is 0 Å². The van der Waals surface area contributed by atoms with Gasteiger partial charge in [-0.25, -0.2) is 13.2 Å². The molecule has 0 spiro atoms. The first-order valence-electron chi connectivity index (χ1n) is 7.90. The molecule has 0 saturated carbocycles. The average molecular weight is 332 g/mol. The molecule has 0 atom stereocenters. The fourth-order valence-corrected chi connectivity index (χ4v) is 2.22. The Hall–Kier alpha value is -2.43. The molecule has 2 aromatic carbocycles. The zero-order chi connectivity index (χ0) is 17.4. The third-order valence-corrected chi connectivity index (χ3v) is 3.54. The fraction of sp³-hybridized carbons (Fsp3) is 0.263. The van der Waals surface area contributed by atoms with E-state index >= 15 is 0 Å². The molecule has 0 N–H and O–H groups in total. The topological polar surface area (TPSA) is 24.7 Å². The summed E-state index contributed by atoms with van der Waals surface area (Å²) in [4.78, 5) is 0. The molecule has 0 saturated heterocycles. The first-order valence-corrected chi connectivity index (χ1v) is 7.90. The number of benzene rings is 2. The van der Waals surface area contributed by atoms with Crippen molar-refractivity contribution in [1.82, 2.24) is 0 Å². The van der Waals surface area contributed by atoms with Crippen LogP contribution >= 0.6 is 0 Å². The molecule has 0 aliphatic rings. The van der Waals surface area contributed by atoms with E-state index in [9.17, 15) is 13.2 Å². The van der Waals surface area contributed by atoms with Gasteiger partial charge in [0.15, 0.2) is 0 Å². The summed E-state index contributed by atoms with van der Waals surface area (Å²) in [7, 11) is 0. The second-order valence-corrected chi connectivity index (χ2v) is 5.47. The van der Waals surface area contributed by atoms with Gasteiger partial charge in [-0.2, -0.15) is 10.2 Å². The molecule has 24 heavy (non-hydrogen) atoms. The van der Waals surface area contributed by atoms with Gasteiger partial charge in [0.25, 0.3) is 0 Å². The highest BCUT2D eigenvalue weighted by Gasteiger charge is 2.09. The maximum Gasteiger partial charge on any atom is 0.135 e. The van der Waals surface area contributed by atoms with Gasteiger partial charge in [0, 0.05) is 0 Å². The minimum Gasteiger partial charge on any atom is -0.207 e. The molecule has 2 rings (SSSR count). The maximum atomic E-state index is 14.0. The highest BCUT2D eigenvalue weighted by molar-refractivity contribution is 5.83. The van der Waals surface area contributed by atoms with E-state index in [0.717, 1.165) is 25.5 Å². The summed E-state index contributed by atoms with van der Waals surface area (Å²) in [5.41, 5.74) is 1.07. The summed E-state index contributed by atoms with van der Waals surface area (Å²) in [5.74, 6) is -1.65.